The Bertz CT molecular complexity index is 562. The van der Waals surface area contributed by atoms with E-state index in [-0.39, 0.29) is 11.4 Å². The zero-order valence-corrected chi connectivity index (χ0v) is 11.0. The molecule has 20 heavy (non-hydrogen) atoms. The molecule has 0 radical (unpaired) electrons. The average molecular weight is 282 g/mol. The van der Waals surface area contributed by atoms with Crippen LogP contribution in [-0.2, 0) is 6.54 Å². The summed E-state index contributed by atoms with van der Waals surface area (Å²) in [6.07, 6.45) is 5.09. The van der Waals surface area contributed by atoms with Gasteiger partial charge in [-0.3, -0.25) is 30.0 Å². The summed E-state index contributed by atoms with van der Waals surface area (Å²) in [7, 11) is 0. The van der Waals surface area contributed by atoms with Crippen LogP contribution in [-0.4, -0.2) is 29.8 Å². The summed E-state index contributed by atoms with van der Waals surface area (Å²) in [5, 5.41) is 29.6. The van der Waals surface area contributed by atoms with Crippen LogP contribution in [0, 0.1) is 26.1 Å². The number of nitro groups is 2. The van der Waals surface area contributed by atoms with E-state index in [2.05, 4.69) is 15.3 Å². The third-order valence-electron chi connectivity index (χ3n) is 2.08. The number of rotatable bonds is 4. The second-order valence-corrected chi connectivity index (χ2v) is 4.29. The molecule has 0 unspecified atom stereocenters. The summed E-state index contributed by atoms with van der Waals surface area (Å²) in [6, 6.07) is 0. The first-order valence-corrected chi connectivity index (χ1v) is 5.70. The summed E-state index contributed by atoms with van der Waals surface area (Å²) in [5.74, 6) is 0.449. The van der Waals surface area contributed by atoms with Crippen LogP contribution in [0.1, 0.15) is 13.8 Å². The third-order valence-corrected chi connectivity index (χ3v) is 2.08. The number of H-pyrrole nitrogens is 1. The van der Waals surface area contributed by atoms with E-state index in [4.69, 9.17) is 0 Å². The van der Waals surface area contributed by atoms with Crippen LogP contribution in [0.4, 0.5) is 11.4 Å². The van der Waals surface area contributed by atoms with Crippen molar-refractivity contribution in [3.8, 4) is 0 Å². The number of aromatic amines is 1. The number of aromatic nitrogens is 4. The van der Waals surface area contributed by atoms with Crippen LogP contribution in [0.3, 0.4) is 0 Å². The van der Waals surface area contributed by atoms with Crippen LogP contribution >= 0.6 is 0 Å². The van der Waals surface area contributed by atoms with E-state index < -0.39 is 9.85 Å². The molecule has 0 bridgehead atoms. The second-order valence-electron chi connectivity index (χ2n) is 4.29. The zero-order valence-electron chi connectivity index (χ0n) is 11.0. The molecule has 2 aromatic rings. The predicted octanol–water partition coefficient (Wildman–Crippen LogP) is 1.77. The van der Waals surface area contributed by atoms with Gasteiger partial charge in [0.2, 0.25) is 0 Å². The van der Waals surface area contributed by atoms with Crippen molar-refractivity contribution in [2.24, 2.45) is 5.92 Å². The van der Waals surface area contributed by atoms with E-state index in [9.17, 15) is 20.2 Å². The van der Waals surface area contributed by atoms with Crippen molar-refractivity contribution in [3.05, 3.63) is 45.0 Å². The van der Waals surface area contributed by atoms with Gasteiger partial charge in [0.05, 0.1) is 16.0 Å². The first-order chi connectivity index (χ1) is 9.40. The number of nitrogens with one attached hydrogen (secondary N) is 1. The molecule has 0 aliphatic heterocycles. The fourth-order valence-electron chi connectivity index (χ4n) is 1.26. The zero-order chi connectivity index (χ0) is 15.1. The molecule has 0 atom stereocenters. The monoisotopic (exact) mass is 282 g/mol. The van der Waals surface area contributed by atoms with E-state index in [1.54, 1.807) is 4.68 Å². The molecule has 2 heterocycles. The van der Waals surface area contributed by atoms with Gasteiger partial charge in [-0.1, -0.05) is 13.8 Å². The van der Waals surface area contributed by atoms with Gasteiger partial charge in [0.15, 0.2) is 0 Å². The molecule has 10 nitrogen and oxygen atoms in total. The second kappa shape index (κ2) is 6.97. The average Bonchev–Trinajstić information content (AvgIpc) is 2.98. The molecule has 0 saturated heterocycles. The Morgan fingerprint density at radius 1 is 1.25 bits per heavy atom. The van der Waals surface area contributed by atoms with Crippen molar-refractivity contribution in [2.45, 2.75) is 20.4 Å². The van der Waals surface area contributed by atoms with Gasteiger partial charge in [0.1, 0.15) is 18.6 Å². The maximum atomic E-state index is 10.3. The largest absolute Gasteiger partial charge is 0.306 e. The van der Waals surface area contributed by atoms with E-state index in [0.717, 1.165) is 6.20 Å². The summed E-state index contributed by atoms with van der Waals surface area (Å²) in [5.41, 5.74) is 0.0423. The van der Waals surface area contributed by atoms with Gasteiger partial charge in [-0.15, -0.1) is 0 Å². The highest BCUT2D eigenvalue weighted by atomic mass is 16.6. The van der Waals surface area contributed by atoms with Crippen molar-refractivity contribution in [3.63, 3.8) is 0 Å². The van der Waals surface area contributed by atoms with E-state index in [0.29, 0.717) is 12.5 Å². The standard InChI is InChI=1S/C7H11N3O2.C3H3N3O2/c1-6(2)4-9-5-7(3-8-9)10(11)12;7-6(8)3-1-4-5-2-3/h3,5-6H,4H2,1-2H3;1-2H,(H,4,5). The van der Waals surface area contributed by atoms with E-state index in [1.165, 1.54) is 18.6 Å². The van der Waals surface area contributed by atoms with Gasteiger partial charge in [-0.25, -0.2) is 0 Å². The minimum atomic E-state index is -0.510. The molecular weight excluding hydrogens is 268 g/mol. The van der Waals surface area contributed by atoms with Crippen molar-refractivity contribution in [2.75, 3.05) is 0 Å². The molecule has 0 aromatic carbocycles. The fraction of sp³-hybridized carbons (Fsp3) is 0.400. The first kappa shape index (κ1) is 15.3. The molecule has 0 aliphatic rings. The lowest BCUT2D eigenvalue weighted by molar-refractivity contribution is -0.385. The van der Waals surface area contributed by atoms with Crippen LogP contribution in [0.2, 0.25) is 0 Å². The SMILES string of the molecule is CC(C)Cn1cc([N+](=O)[O-])cn1.O=[N+]([O-])c1cn[nH]c1. The molecule has 0 saturated carbocycles. The number of nitrogens with zero attached hydrogens (tertiary/aromatic N) is 5. The van der Waals surface area contributed by atoms with Crippen molar-refractivity contribution in [1.29, 1.82) is 0 Å². The highest BCUT2D eigenvalue weighted by Crippen LogP contribution is 2.09. The molecule has 108 valence electrons. The topological polar surface area (TPSA) is 133 Å². The van der Waals surface area contributed by atoms with Crippen molar-refractivity contribution >= 4 is 11.4 Å². The highest BCUT2D eigenvalue weighted by Gasteiger charge is 2.08. The van der Waals surface area contributed by atoms with Crippen LogP contribution in [0.5, 0.6) is 0 Å². The number of hydrogen-bond acceptors (Lipinski definition) is 6. The normalized spacial score (nSPS) is 9.95. The van der Waals surface area contributed by atoms with Crippen molar-refractivity contribution < 1.29 is 9.85 Å². The maximum Gasteiger partial charge on any atom is 0.306 e. The van der Waals surface area contributed by atoms with Gasteiger partial charge in [0.25, 0.3) is 0 Å². The molecule has 0 amide bonds. The lowest BCUT2D eigenvalue weighted by Crippen LogP contribution is -2.04. The quantitative estimate of drug-likeness (QED) is 0.671. The van der Waals surface area contributed by atoms with Gasteiger partial charge in [-0.2, -0.15) is 10.2 Å². The fourth-order valence-corrected chi connectivity index (χ4v) is 1.26. The number of hydrogen-bond donors (Lipinski definition) is 1. The molecule has 1 N–H and O–H groups in total. The predicted molar refractivity (Wildman–Crippen MR) is 69.0 cm³/mol. The Balaban J connectivity index is 0.000000217. The van der Waals surface area contributed by atoms with Crippen LogP contribution < -0.4 is 0 Å². The first-order valence-electron chi connectivity index (χ1n) is 5.70. The Morgan fingerprint density at radius 3 is 2.25 bits per heavy atom. The summed E-state index contributed by atoms with van der Waals surface area (Å²) in [6.45, 7) is 4.79. The van der Waals surface area contributed by atoms with Gasteiger partial charge in [-0.05, 0) is 5.92 Å². The van der Waals surface area contributed by atoms with E-state index in [1.807, 2.05) is 13.8 Å². The highest BCUT2D eigenvalue weighted by molar-refractivity contribution is 5.20. The third kappa shape index (κ3) is 4.84. The summed E-state index contributed by atoms with van der Waals surface area (Å²) >= 11 is 0. The minimum absolute atomic E-state index is 0.00926. The van der Waals surface area contributed by atoms with Gasteiger partial charge < -0.3 is 0 Å². The van der Waals surface area contributed by atoms with Crippen molar-refractivity contribution in [1.82, 2.24) is 20.0 Å². The Morgan fingerprint density at radius 2 is 1.90 bits per heavy atom. The molecular formula is C10H14N6O4. The Labute approximate surface area is 113 Å². The molecule has 0 spiro atoms. The lowest BCUT2D eigenvalue weighted by atomic mass is 10.2. The minimum Gasteiger partial charge on any atom is -0.279 e. The maximum absolute atomic E-state index is 10.3. The molecule has 10 heteroatoms. The Hall–Kier alpha value is -2.78. The molecule has 2 rings (SSSR count). The summed E-state index contributed by atoms with van der Waals surface area (Å²) in [4.78, 5) is 19.1. The van der Waals surface area contributed by atoms with Crippen LogP contribution in [0.15, 0.2) is 24.8 Å². The lowest BCUT2D eigenvalue weighted by Gasteiger charge is -2.02. The Kier molecular flexibility index (Phi) is 5.32. The van der Waals surface area contributed by atoms with Gasteiger partial charge >= 0.3 is 11.4 Å². The van der Waals surface area contributed by atoms with Crippen LogP contribution in [0.25, 0.3) is 0 Å². The smallest absolute Gasteiger partial charge is 0.279 e. The van der Waals surface area contributed by atoms with Gasteiger partial charge in [0, 0.05) is 6.54 Å². The summed E-state index contributed by atoms with van der Waals surface area (Å²) < 4.78 is 1.59. The molecule has 2 aromatic heterocycles. The molecule has 0 aliphatic carbocycles. The molecule has 0 fully saturated rings. The van der Waals surface area contributed by atoms with E-state index >= 15 is 0 Å².